The van der Waals surface area contributed by atoms with Crippen molar-refractivity contribution >= 4 is 5.97 Å². The summed E-state index contributed by atoms with van der Waals surface area (Å²) in [5.74, 6) is 0.943. The van der Waals surface area contributed by atoms with Gasteiger partial charge in [-0.3, -0.25) is 4.79 Å². The highest BCUT2D eigenvalue weighted by atomic mass is 16.5. The molecule has 0 aliphatic carbocycles. The van der Waals surface area contributed by atoms with Gasteiger partial charge >= 0.3 is 5.97 Å². The molecule has 0 fully saturated rings. The van der Waals surface area contributed by atoms with Crippen LogP contribution in [0, 0.1) is 6.92 Å². The van der Waals surface area contributed by atoms with Crippen LogP contribution in [0.3, 0.4) is 0 Å². The molecule has 0 aliphatic rings. The van der Waals surface area contributed by atoms with Gasteiger partial charge in [-0.2, -0.15) is 0 Å². The molecule has 3 rings (SSSR count). The molecule has 0 spiro atoms. The highest BCUT2D eigenvalue weighted by molar-refractivity contribution is 5.70. The van der Waals surface area contributed by atoms with Crippen molar-refractivity contribution in [3.05, 3.63) is 77.9 Å². The van der Waals surface area contributed by atoms with E-state index in [2.05, 4.69) is 31.2 Å². The number of aliphatic carboxylic acids is 1. The zero-order chi connectivity index (χ0) is 19.2. The van der Waals surface area contributed by atoms with Gasteiger partial charge in [0.25, 0.3) is 0 Å². The average molecular weight is 362 g/mol. The first-order valence-corrected chi connectivity index (χ1v) is 8.87. The fraction of sp³-hybridized carbons (Fsp3) is 0.174. The SMILES string of the molecule is CCOc1cc(CC(=O)O)cc(Oc2cccc(-c3ccc(C)cc3)c2)c1. The summed E-state index contributed by atoms with van der Waals surface area (Å²) in [5, 5.41) is 9.07. The van der Waals surface area contributed by atoms with Crippen LogP contribution < -0.4 is 9.47 Å². The summed E-state index contributed by atoms with van der Waals surface area (Å²) >= 11 is 0. The predicted molar refractivity (Wildman–Crippen MR) is 106 cm³/mol. The summed E-state index contributed by atoms with van der Waals surface area (Å²) in [7, 11) is 0. The van der Waals surface area contributed by atoms with E-state index in [0.29, 0.717) is 29.4 Å². The Balaban J connectivity index is 1.88. The van der Waals surface area contributed by atoms with Crippen molar-refractivity contribution in [2.75, 3.05) is 6.61 Å². The Bertz CT molecular complexity index is 929. The molecule has 0 saturated heterocycles. The molecule has 4 nitrogen and oxygen atoms in total. The van der Waals surface area contributed by atoms with Crippen LogP contribution in [-0.2, 0) is 11.2 Å². The largest absolute Gasteiger partial charge is 0.494 e. The topological polar surface area (TPSA) is 55.8 Å². The fourth-order valence-electron chi connectivity index (χ4n) is 2.84. The molecule has 138 valence electrons. The van der Waals surface area contributed by atoms with Gasteiger partial charge < -0.3 is 14.6 Å². The number of aryl methyl sites for hydroxylation is 1. The number of carboxylic acid groups (broad SMARTS) is 1. The monoisotopic (exact) mass is 362 g/mol. The van der Waals surface area contributed by atoms with Gasteiger partial charge in [-0.15, -0.1) is 0 Å². The van der Waals surface area contributed by atoms with Crippen LogP contribution in [0.2, 0.25) is 0 Å². The predicted octanol–water partition coefficient (Wildman–Crippen LogP) is 5.48. The third-order valence-electron chi connectivity index (χ3n) is 4.06. The molecule has 0 unspecified atom stereocenters. The first kappa shape index (κ1) is 18.5. The molecule has 3 aromatic rings. The van der Waals surface area contributed by atoms with Crippen molar-refractivity contribution in [2.45, 2.75) is 20.3 Å². The van der Waals surface area contributed by atoms with Crippen molar-refractivity contribution in [1.29, 1.82) is 0 Å². The fourth-order valence-corrected chi connectivity index (χ4v) is 2.84. The minimum Gasteiger partial charge on any atom is -0.494 e. The number of ether oxygens (including phenoxy) is 2. The molecule has 27 heavy (non-hydrogen) atoms. The molecule has 0 bridgehead atoms. The van der Waals surface area contributed by atoms with E-state index in [9.17, 15) is 4.79 Å². The summed E-state index contributed by atoms with van der Waals surface area (Å²) in [6.07, 6.45) is -0.0827. The Morgan fingerprint density at radius 1 is 0.889 bits per heavy atom. The maximum Gasteiger partial charge on any atom is 0.307 e. The number of benzene rings is 3. The van der Waals surface area contributed by atoms with Crippen molar-refractivity contribution in [3.8, 4) is 28.4 Å². The molecule has 0 aromatic heterocycles. The van der Waals surface area contributed by atoms with Gasteiger partial charge in [-0.1, -0.05) is 42.0 Å². The Morgan fingerprint density at radius 2 is 1.63 bits per heavy atom. The molecule has 4 heteroatoms. The van der Waals surface area contributed by atoms with Crippen LogP contribution in [-0.4, -0.2) is 17.7 Å². The third-order valence-corrected chi connectivity index (χ3v) is 4.06. The van der Waals surface area contributed by atoms with Crippen LogP contribution in [0.4, 0.5) is 0 Å². The molecular weight excluding hydrogens is 340 g/mol. The molecule has 0 heterocycles. The van der Waals surface area contributed by atoms with Gasteiger partial charge in [0, 0.05) is 6.07 Å². The van der Waals surface area contributed by atoms with Crippen molar-refractivity contribution in [1.82, 2.24) is 0 Å². The van der Waals surface area contributed by atoms with Gasteiger partial charge in [-0.25, -0.2) is 0 Å². The van der Waals surface area contributed by atoms with Gasteiger partial charge in [0.05, 0.1) is 13.0 Å². The minimum atomic E-state index is -0.893. The Kier molecular flexibility index (Phi) is 5.77. The molecule has 0 amide bonds. The lowest BCUT2D eigenvalue weighted by Crippen LogP contribution is -2.01. The summed E-state index contributed by atoms with van der Waals surface area (Å²) in [6, 6.07) is 21.4. The summed E-state index contributed by atoms with van der Waals surface area (Å²) in [4.78, 5) is 11.1. The maximum atomic E-state index is 11.1. The van der Waals surface area contributed by atoms with Crippen molar-refractivity contribution in [2.24, 2.45) is 0 Å². The van der Waals surface area contributed by atoms with Gasteiger partial charge in [-0.05, 0) is 54.8 Å². The van der Waals surface area contributed by atoms with E-state index >= 15 is 0 Å². The second kappa shape index (κ2) is 8.41. The smallest absolute Gasteiger partial charge is 0.307 e. The highest BCUT2D eigenvalue weighted by Crippen LogP contribution is 2.30. The lowest BCUT2D eigenvalue weighted by atomic mass is 10.0. The van der Waals surface area contributed by atoms with Gasteiger partial charge in [0.1, 0.15) is 17.2 Å². The lowest BCUT2D eigenvalue weighted by molar-refractivity contribution is -0.136. The molecule has 0 radical (unpaired) electrons. The highest BCUT2D eigenvalue weighted by Gasteiger charge is 2.08. The van der Waals surface area contributed by atoms with Crippen LogP contribution >= 0.6 is 0 Å². The Labute approximate surface area is 159 Å². The van der Waals surface area contributed by atoms with E-state index in [-0.39, 0.29) is 6.42 Å². The van der Waals surface area contributed by atoms with E-state index in [4.69, 9.17) is 14.6 Å². The molecule has 0 aliphatic heterocycles. The summed E-state index contributed by atoms with van der Waals surface area (Å²) in [5.41, 5.74) is 4.02. The van der Waals surface area contributed by atoms with Crippen molar-refractivity contribution < 1.29 is 19.4 Å². The van der Waals surface area contributed by atoms with Gasteiger partial charge in [0.2, 0.25) is 0 Å². The molecular formula is C23H22O4. The van der Waals surface area contributed by atoms with Crippen LogP contribution in [0.15, 0.2) is 66.7 Å². The zero-order valence-electron chi connectivity index (χ0n) is 15.4. The standard InChI is InChI=1S/C23H22O4/c1-3-26-21-11-17(13-23(24)25)12-22(15-21)27-20-6-4-5-19(14-20)18-9-7-16(2)8-10-18/h4-12,14-15H,3,13H2,1-2H3,(H,24,25). The molecule has 1 N–H and O–H groups in total. The maximum absolute atomic E-state index is 11.1. The number of carbonyl (C=O) groups is 1. The van der Waals surface area contributed by atoms with E-state index in [1.807, 2.05) is 31.2 Å². The van der Waals surface area contributed by atoms with Crippen LogP contribution in [0.1, 0.15) is 18.1 Å². The van der Waals surface area contributed by atoms with E-state index < -0.39 is 5.97 Å². The first-order chi connectivity index (χ1) is 13.0. The average Bonchev–Trinajstić information content (AvgIpc) is 2.62. The van der Waals surface area contributed by atoms with E-state index in [1.165, 1.54) is 5.56 Å². The zero-order valence-corrected chi connectivity index (χ0v) is 15.4. The lowest BCUT2D eigenvalue weighted by Gasteiger charge is -2.12. The Hall–Kier alpha value is -3.27. The van der Waals surface area contributed by atoms with Gasteiger partial charge in [0.15, 0.2) is 0 Å². The van der Waals surface area contributed by atoms with Crippen LogP contribution in [0.25, 0.3) is 11.1 Å². The first-order valence-electron chi connectivity index (χ1n) is 8.87. The summed E-state index contributed by atoms with van der Waals surface area (Å²) < 4.78 is 11.5. The third kappa shape index (κ3) is 5.11. The molecule has 0 saturated carbocycles. The normalized spacial score (nSPS) is 10.4. The second-order valence-corrected chi connectivity index (χ2v) is 6.31. The quantitative estimate of drug-likeness (QED) is 0.605. The van der Waals surface area contributed by atoms with E-state index in [1.54, 1.807) is 18.2 Å². The van der Waals surface area contributed by atoms with Crippen molar-refractivity contribution in [3.63, 3.8) is 0 Å². The molecule has 0 atom stereocenters. The number of rotatable bonds is 7. The number of carboxylic acids is 1. The van der Waals surface area contributed by atoms with Crippen LogP contribution in [0.5, 0.6) is 17.2 Å². The number of hydrogen-bond donors (Lipinski definition) is 1. The minimum absolute atomic E-state index is 0.0827. The number of hydrogen-bond acceptors (Lipinski definition) is 3. The summed E-state index contributed by atoms with van der Waals surface area (Å²) in [6.45, 7) is 4.44. The second-order valence-electron chi connectivity index (χ2n) is 6.31. The van der Waals surface area contributed by atoms with E-state index in [0.717, 1.165) is 11.1 Å². The molecule has 3 aromatic carbocycles. The Morgan fingerprint density at radius 3 is 2.33 bits per heavy atom.